The summed E-state index contributed by atoms with van der Waals surface area (Å²) in [5, 5.41) is 55.7. The van der Waals surface area contributed by atoms with E-state index in [1.54, 1.807) is 18.2 Å². The number of alkyl halides is 8. The third-order valence-corrected chi connectivity index (χ3v) is 23.4. The van der Waals surface area contributed by atoms with E-state index in [2.05, 4.69) is 57.3 Å². The van der Waals surface area contributed by atoms with E-state index in [-0.39, 0.29) is 143 Å². The summed E-state index contributed by atoms with van der Waals surface area (Å²) in [6.45, 7) is 0.869. The standard InChI is InChI=1S/C19H18F3NO3.C19H20F3NO.C18H18BrNO3.C13H14BrNO5.C11H12BrNO3.C3H3F3O4S.CH4O.Fe.K.H2O/c20-19(21,22)16-10-15(14-8-4-5-9-14)18(11-17(16)23(24)25)26-12-13-6-2-1-3-7-13;20-19(21,22)16-10-15(14-8-4-5-9-14)18(11-17(16)23)24-12-13-6-2-1-3-7-13;19-16-10-15(14-8-4-5-9-14)18(11-17(16)20(21)22)23-12-13-6-2-1-3-7-13;1-19-13(16)20-12-7-11(15(17)18)10(14)6-9(12)8-4-2-3-5-8;12-9-5-8(7-3-1-2-4-7)11(14)6-10(9)13(15)16;1-10-2(7)3(4,5)11(6,8)9;1-2;;;/h1-3,6-7,10-11,14H,4-5,8-9,12H2;1-3,6-7,10-11,14H,4-5,8-9,12,23H2;1-3,6-7,10-11,14H,4-5,8-9,12H2;6-8H,2-5H2,1H3;5-7,14H,1-4H2;1H3;2H,1H3;;;1H2/q;;;;;;;;+1;/p-1. The van der Waals surface area contributed by atoms with Crippen molar-refractivity contribution in [1.82, 2.24) is 0 Å². The van der Waals surface area contributed by atoms with Crippen LogP contribution in [0.4, 0.5) is 72.2 Å². The zero-order chi connectivity index (χ0) is 89.8. The smallest absolute Gasteiger partial charge is 0.870 e. The van der Waals surface area contributed by atoms with Crippen LogP contribution in [0.15, 0.2) is 165 Å². The summed E-state index contributed by atoms with van der Waals surface area (Å²) >= 11 is 9.70. The number of benzene rings is 8. The summed E-state index contributed by atoms with van der Waals surface area (Å²) in [5.41, 5.74) is 8.86. The van der Waals surface area contributed by atoms with Gasteiger partial charge in [0.1, 0.15) is 54.1 Å². The molecule has 125 heavy (non-hydrogen) atoms. The summed E-state index contributed by atoms with van der Waals surface area (Å²) in [6, 6.07) is 42.2. The largest absolute Gasteiger partial charge is 1.00 e. The molecular formula is C84H90Br3F9FeKN5O21S. The Morgan fingerprint density at radius 3 is 1.01 bits per heavy atom. The Balaban J connectivity index is 0.000000317. The number of methoxy groups -OCH3 is 2. The molecule has 0 unspecified atom stereocenters. The van der Waals surface area contributed by atoms with Crippen LogP contribution in [-0.4, -0.2) is 82.5 Å². The molecule has 0 atom stereocenters. The quantitative estimate of drug-likeness (QED) is 0.00879. The van der Waals surface area contributed by atoms with Crippen LogP contribution in [0.1, 0.15) is 214 Å². The van der Waals surface area contributed by atoms with Gasteiger partial charge in [0, 0.05) is 35.9 Å². The molecule has 0 radical (unpaired) electrons. The fourth-order valence-electron chi connectivity index (χ4n) is 14.7. The second-order valence-corrected chi connectivity index (χ2v) is 32.6. The molecule has 8 aromatic carbocycles. The Kier molecular flexibility index (Phi) is 45.3. The number of ether oxygens (including phenoxy) is 6. The zero-order valence-electron chi connectivity index (χ0n) is 67.9. The number of halogens is 12. The molecule has 676 valence electrons. The van der Waals surface area contributed by atoms with Gasteiger partial charge in [0.05, 0.1) is 77.2 Å². The van der Waals surface area contributed by atoms with Crippen molar-refractivity contribution in [2.24, 2.45) is 0 Å². The topological polar surface area (TPSA) is 393 Å². The van der Waals surface area contributed by atoms with Crippen molar-refractivity contribution in [1.29, 1.82) is 0 Å². The van der Waals surface area contributed by atoms with Gasteiger partial charge in [-0.15, -0.1) is 0 Å². The van der Waals surface area contributed by atoms with Crippen molar-refractivity contribution < 1.29 is 189 Å². The van der Waals surface area contributed by atoms with E-state index in [9.17, 15) is 103 Å². The summed E-state index contributed by atoms with van der Waals surface area (Å²) in [4.78, 5) is 62.8. The van der Waals surface area contributed by atoms with Gasteiger partial charge >= 0.3 is 91.3 Å². The van der Waals surface area contributed by atoms with E-state index >= 15 is 0 Å². The second kappa shape index (κ2) is 51.8. The molecule has 5 fully saturated rings. The molecule has 0 amide bonds. The number of rotatable bonds is 21. The molecule has 8 aromatic rings. The molecule has 5 saturated carbocycles. The second-order valence-electron chi connectivity index (χ2n) is 28.7. The van der Waals surface area contributed by atoms with Crippen LogP contribution >= 0.6 is 47.8 Å². The van der Waals surface area contributed by atoms with Crippen LogP contribution in [0.25, 0.3) is 0 Å². The Morgan fingerprint density at radius 1 is 0.440 bits per heavy atom. The third kappa shape index (κ3) is 32.0. The number of nitrogens with two attached hydrogens (primary N) is 1. The Morgan fingerprint density at radius 2 is 0.712 bits per heavy atom. The van der Waals surface area contributed by atoms with Gasteiger partial charge in [0.2, 0.25) is 0 Å². The van der Waals surface area contributed by atoms with Crippen LogP contribution < -0.4 is 76.1 Å². The van der Waals surface area contributed by atoms with Crippen LogP contribution in [0.3, 0.4) is 0 Å². The molecule has 0 bridgehead atoms. The van der Waals surface area contributed by atoms with Crippen LogP contribution in [-0.2, 0) is 73.7 Å². The van der Waals surface area contributed by atoms with E-state index in [1.807, 2.05) is 97.1 Å². The molecule has 0 saturated heterocycles. The predicted molar refractivity (Wildman–Crippen MR) is 446 cm³/mol. The number of hydrogen-bond acceptors (Lipinski definition) is 22. The van der Waals surface area contributed by atoms with Gasteiger partial charge in [0.15, 0.2) is 0 Å². The number of nitrogen functional groups attached to an aromatic ring is 1. The summed E-state index contributed by atoms with van der Waals surface area (Å²) in [5.74, 6) is 0.148. The number of carbonyl (C=O) groups excluding carboxylic acids is 2. The predicted octanol–water partition coefficient (Wildman–Crippen LogP) is 21.3. The fourth-order valence-corrected chi connectivity index (χ4v) is 16.5. The van der Waals surface area contributed by atoms with E-state index < -0.39 is 71.5 Å². The first-order chi connectivity index (χ1) is 57.8. The van der Waals surface area contributed by atoms with E-state index in [1.165, 1.54) is 57.1 Å². The maximum absolute atomic E-state index is 13.3. The zero-order valence-corrected chi connectivity index (χ0v) is 77.7. The van der Waals surface area contributed by atoms with Gasteiger partial charge in [-0.1, -0.05) is 159 Å². The van der Waals surface area contributed by atoms with Crippen molar-refractivity contribution in [2.45, 2.75) is 195 Å². The number of aliphatic hydroxyl groups excluding tert-OH is 1. The molecule has 13 rings (SSSR count). The number of esters is 1. The number of nitro benzene ring substituents is 4. The molecule has 41 heteroatoms. The van der Waals surface area contributed by atoms with Crippen molar-refractivity contribution in [3.8, 4) is 28.7 Å². The number of hydrogen-bond donors (Lipinski definition) is 3. The maximum atomic E-state index is 13.3. The monoisotopic (exact) mass is 2040 g/mol. The minimum absolute atomic E-state index is 0. The molecule has 0 spiro atoms. The van der Waals surface area contributed by atoms with Gasteiger partial charge in [-0.05, 0) is 216 Å². The number of aliphatic hydroxyl groups is 1. The van der Waals surface area contributed by atoms with Gasteiger partial charge in [-0.25, -0.2) is 9.59 Å². The van der Waals surface area contributed by atoms with Crippen LogP contribution in [0.5, 0.6) is 28.7 Å². The Hall–Kier alpha value is -8.06. The van der Waals surface area contributed by atoms with Gasteiger partial charge in [-0.2, -0.15) is 43.5 Å². The van der Waals surface area contributed by atoms with Gasteiger partial charge < -0.3 is 49.8 Å². The van der Waals surface area contributed by atoms with Crippen molar-refractivity contribution in [3.05, 3.63) is 261 Å². The molecule has 5 aliphatic carbocycles. The average Bonchev–Trinajstić information content (AvgIpc) is 1.60. The number of aromatic hydroxyl groups is 1. The fraction of sp³-hybridized carbons (Fsp3) is 0.405. The average molecular weight is 2040 g/mol. The normalized spacial score (nSPS) is 14.6. The first-order valence-corrected chi connectivity index (χ1v) is 42.2. The van der Waals surface area contributed by atoms with E-state index in [0.717, 1.165) is 155 Å². The van der Waals surface area contributed by atoms with Gasteiger partial charge in [-0.3, -0.25) is 40.5 Å². The molecule has 26 nitrogen and oxygen atoms in total. The first kappa shape index (κ1) is 109. The number of carbonyl (C=O) groups is 2. The van der Waals surface area contributed by atoms with Gasteiger partial charge in [0.25, 0.3) is 22.7 Å². The molecule has 0 heterocycles. The third-order valence-electron chi connectivity index (χ3n) is 20.7. The van der Waals surface area contributed by atoms with E-state index in [0.29, 0.717) is 68.2 Å². The molecule has 0 aromatic heterocycles. The summed E-state index contributed by atoms with van der Waals surface area (Å²) in [6.07, 6.45) is 10.4. The number of anilines is 1. The molecular weight excluding hydrogens is 1950 g/mol. The molecule has 0 aliphatic heterocycles. The first-order valence-electron chi connectivity index (χ1n) is 38.4. The van der Waals surface area contributed by atoms with Crippen molar-refractivity contribution >= 4 is 98.6 Å². The minimum Gasteiger partial charge on any atom is -0.870 e. The maximum Gasteiger partial charge on any atom is 1.00 e. The SMILES string of the molecule is CO.COC(=O)C(F)(F)S(=O)(=O)F.COC(=O)Oc1cc([N+](=O)[O-])c(Br)cc1C1CCCC1.Nc1cc(OCc2ccccc2)c(C2CCCC2)cc1C(F)(F)F.O=[N+]([O-])c1cc(O)c(C2CCCC2)cc1Br.O=[N+]([O-])c1cc(OCc2ccccc2)c(C2CCCC2)cc1Br.O=[N+]([O-])c1cc(OCc2ccccc2)c(C2CCCC2)cc1C(F)(F)F.[Fe].[K+].[OH-]. The summed E-state index contributed by atoms with van der Waals surface area (Å²) < 4.78 is 166. The minimum atomic E-state index is -6.22. The summed E-state index contributed by atoms with van der Waals surface area (Å²) in [7, 11) is -3.51. The van der Waals surface area contributed by atoms with E-state index in [4.69, 9.17) is 29.8 Å². The molecule has 5 aliphatic rings. The number of phenolic OH excluding ortho intramolecular Hbond substituents is 1. The van der Waals surface area contributed by atoms with Crippen LogP contribution in [0.2, 0.25) is 0 Å². The Bertz CT molecular complexity index is 5000. The number of nitro groups is 4. The molecule has 5 N–H and O–H groups in total. The Labute approximate surface area is 793 Å². The number of phenols is 1. The van der Waals surface area contributed by atoms with Crippen LogP contribution in [0, 0.1) is 40.5 Å². The van der Waals surface area contributed by atoms with Crippen molar-refractivity contribution in [2.75, 3.05) is 27.1 Å². The van der Waals surface area contributed by atoms with Crippen molar-refractivity contribution in [3.63, 3.8) is 0 Å². The number of nitrogens with zero attached hydrogens (tertiary/aromatic N) is 4.